The summed E-state index contributed by atoms with van der Waals surface area (Å²) in [6.07, 6.45) is 3.52. The molecule has 4 heteroatoms. The number of fused-ring (bicyclic) bond motifs is 3. The summed E-state index contributed by atoms with van der Waals surface area (Å²) in [4.78, 5) is 19.7. The highest BCUT2D eigenvalue weighted by molar-refractivity contribution is 7.99. The fourth-order valence-corrected chi connectivity index (χ4v) is 4.90. The van der Waals surface area contributed by atoms with Gasteiger partial charge in [-0.25, -0.2) is 0 Å². The Labute approximate surface area is 154 Å². The highest BCUT2D eigenvalue weighted by atomic mass is 32.2. The molecular formula is C21H24N2OS. The number of hydrogen-bond donors (Lipinski definition) is 0. The molecule has 0 radical (unpaired) electrons. The predicted octanol–water partition coefficient (Wildman–Crippen LogP) is 4.65. The van der Waals surface area contributed by atoms with Crippen LogP contribution in [-0.4, -0.2) is 30.4 Å². The second kappa shape index (κ2) is 6.85. The Morgan fingerprint density at radius 2 is 1.76 bits per heavy atom. The van der Waals surface area contributed by atoms with Crippen molar-refractivity contribution < 1.29 is 4.79 Å². The van der Waals surface area contributed by atoms with Crippen LogP contribution in [0.2, 0.25) is 0 Å². The lowest BCUT2D eigenvalue weighted by Crippen LogP contribution is -2.39. The minimum absolute atomic E-state index is 0.163. The monoisotopic (exact) mass is 352 g/mol. The van der Waals surface area contributed by atoms with Crippen LogP contribution in [0.5, 0.6) is 0 Å². The summed E-state index contributed by atoms with van der Waals surface area (Å²) in [5.74, 6) is 0.163. The molecule has 25 heavy (non-hydrogen) atoms. The largest absolute Gasteiger partial charge is 0.295 e. The van der Waals surface area contributed by atoms with Gasteiger partial charge in [-0.2, -0.15) is 0 Å². The minimum Gasteiger partial charge on any atom is -0.295 e. The molecule has 0 atom stereocenters. The number of nitrogens with zero attached hydrogens (tertiary/aromatic N) is 2. The predicted molar refractivity (Wildman–Crippen MR) is 104 cm³/mol. The Kier molecular flexibility index (Phi) is 4.57. The molecule has 1 amide bonds. The number of carbonyl (C=O) groups excluding carboxylic acids is 1. The zero-order valence-corrected chi connectivity index (χ0v) is 15.7. The van der Waals surface area contributed by atoms with E-state index >= 15 is 0 Å². The van der Waals surface area contributed by atoms with Crippen LogP contribution in [0.25, 0.3) is 0 Å². The van der Waals surface area contributed by atoms with Crippen LogP contribution in [0.3, 0.4) is 0 Å². The van der Waals surface area contributed by atoms with Crippen molar-refractivity contribution in [3.05, 3.63) is 47.5 Å². The Hall–Kier alpha value is -1.78. The first-order valence-corrected chi connectivity index (χ1v) is 10.0. The highest BCUT2D eigenvalue weighted by Crippen LogP contribution is 2.49. The van der Waals surface area contributed by atoms with E-state index in [1.807, 2.05) is 11.0 Å². The second-order valence-electron chi connectivity index (χ2n) is 6.70. The minimum atomic E-state index is 0.163. The van der Waals surface area contributed by atoms with E-state index < -0.39 is 0 Å². The summed E-state index contributed by atoms with van der Waals surface area (Å²) in [6.45, 7) is 6.46. The van der Waals surface area contributed by atoms with Gasteiger partial charge in [-0.15, -0.1) is 0 Å². The number of para-hydroxylation sites is 1. The molecule has 1 aliphatic heterocycles. The first-order chi connectivity index (χ1) is 12.2. The molecule has 0 unspecified atom stereocenters. The van der Waals surface area contributed by atoms with E-state index in [1.54, 1.807) is 11.8 Å². The molecule has 130 valence electrons. The molecule has 0 N–H and O–H groups in total. The Balaban J connectivity index is 1.78. The van der Waals surface area contributed by atoms with Crippen molar-refractivity contribution in [1.29, 1.82) is 0 Å². The number of amides is 1. The van der Waals surface area contributed by atoms with Crippen molar-refractivity contribution in [3.63, 3.8) is 0 Å². The van der Waals surface area contributed by atoms with Crippen molar-refractivity contribution in [3.8, 4) is 0 Å². The summed E-state index contributed by atoms with van der Waals surface area (Å²) in [5.41, 5.74) is 4.97. The van der Waals surface area contributed by atoms with Gasteiger partial charge in [0.15, 0.2) is 0 Å². The molecule has 0 spiro atoms. The normalized spacial score (nSPS) is 15.1. The molecule has 2 aromatic carbocycles. The second-order valence-corrected chi connectivity index (χ2v) is 7.79. The molecule has 4 rings (SSSR count). The first kappa shape index (κ1) is 16.7. The molecule has 2 aliphatic rings. The van der Waals surface area contributed by atoms with Crippen molar-refractivity contribution >= 4 is 29.0 Å². The smallest absolute Gasteiger partial charge is 0.245 e. The molecule has 0 aromatic heterocycles. The standard InChI is InChI=1S/C21H24N2OS/c1-3-22(4-2)14-21(24)23-17-10-5-6-11-19(17)25-20-13-16-9-7-8-15(16)12-18(20)23/h5-6,10-13H,3-4,7-9,14H2,1-2H3. The molecule has 1 heterocycles. The molecule has 0 bridgehead atoms. The van der Waals surface area contributed by atoms with Gasteiger partial charge < -0.3 is 0 Å². The number of benzene rings is 2. The van der Waals surface area contributed by atoms with Crippen molar-refractivity contribution in [2.45, 2.75) is 42.9 Å². The maximum atomic E-state index is 13.2. The third-order valence-electron chi connectivity index (χ3n) is 5.24. The molecule has 3 nitrogen and oxygen atoms in total. The van der Waals surface area contributed by atoms with Gasteiger partial charge in [0.05, 0.1) is 17.9 Å². The summed E-state index contributed by atoms with van der Waals surface area (Å²) in [7, 11) is 0. The number of likely N-dealkylation sites (N-methyl/N-ethyl adjacent to an activating group) is 1. The molecule has 0 saturated heterocycles. The molecule has 1 aliphatic carbocycles. The van der Waals surface area contributed by atoms with E-state index in [0.29, 0.717) is 6.54 Å². The maximum absolute atomic E-state index is 13.2. The number of carbonyl (C=O) groups is 1. The van der Waals surface area contributed by atoms with E-state index in [4.69, 9.17) is 0 Å². The van der Waals surface area contributed by atoms with Gasteiger partial charge in [-0.05, 0) is 67.7 Å². The van der Waals surface area contributed by atoms with Crippen molar-refractivity contribution in [2.75, 3.05) is 24.5 Å². The summed E-state index contributed by atoms with van der Waals surface area (Å²) in [6, 6.07) is 12.8. The molecule has 0 saturated carbocycles. The number of rotatable bonds is 4. The van der Waals surface area contributed by atoms with Gasteiger partial charge in [0.25, 0.3) is 0 Å². The summed E-state index contributed by atoms with van der Waals surface area (Å²) in [5, 5.41) is 0. The van der Waals surface area contributed by atoms with Crippen molar-refractivity contribution in [2.24, 2.45) is 0 Å². The Morgan fingerprint density at radius 3 is 2.52 bits per heavy atom. The van der Waals surface area contributed by atoms with Crippen molar-refractivity contribution in [1.82, 2.24) is 4.90 Å². The van der Waals surface area contributed by atoms with Crippen LogP contribution in [0.4, 0.5) is 11.4 Å². The van der Waals surface area contributed by atoms with Crippen LogP contribution >= 0.6 is 11.8 Å². The van der Waals surface area contributed by atoms with E-state index in [9.17, 15) is 4.79 Å². The number of aryl methyl sites for hydroxylation is 2. The average molecular weight is 353 g/mol. The quantitative estimate of drug-likeness (QED) is 0.800. The zero-order valence-electron chi connectivity index (χ0n) is 14.9. The number of hydrogen-bond acceptors (Lipinski definition) is 3. The van der Waals surface area contributed by atoms with Gasteiger partial charge in [0.1, 0.15) is 0 Å². The van der Waals surface area contributed by atoms with Crippen LogP contribution in [0.15, 0.2) is 46.2 Å². The van der Waals surface area contributed by atoms with Crippen LogP contribution in [0, 0.1) is 0 Å². The third kappa shape index (κ3) is 2.98. The van der Waals surface area contributed by atoms with Gasteiger partial charge in [-0.3, -0.25) is 14.6 Å². The van der Waals surface area contributed by atoms with E-state index in [2.05, 4.69) is 49.1 Å². The summed E-state index contributed by atoms with van der Waals surface area (Å²) < 4.78 is 0. The topological polar surface area (TPSA) is 23.6 Å². The fourth-order valence-electron chi connectivity index (χ4n) is 3.80. The Bertz CT molecular complexity index is 814. The maximum Gasteiger partial charge on any atom is 0.245 e. The van der Waals surface area contributed by atoms with E-state index in [0.717, 1.165) is 37.3 Å². The van der Waals surface area contributed by atoms with Gasteiger partial charge in [-0.1, -0.05) is 37.7 Å². The van der Waals surface area contributed by atoms with E-state index in [-0.39, 0.29) is 5.91 Å². The van der Waals surface area contributed by atoms with Crippen LogP contribution in [-0.2, 0) is 17.6 Å². The average Bonchev–Trinajstić information content (AvgIpc) is 3.09. The molecular weight excluding hydrogens is 328 g/mol. The Morgan fingerprint density at radius 1 is 1.04 bits per heavy atom. The van der Waals surface area contributed by atoms with Gasteiger partial charge in [0, 0.05) is 9.79 Å². The van der Waals surface area contributed by atoms with Crippen LogP contribution < -0.4 is 4.90 Å². The van der Waals surface area contributed by atoms with Gasteiger partial charge in [0.2, 0.25) is 5.91 Å². The van der Waals surface area contributed by atoms with Gasteiger partial charge >= 0.3 is 0 Å². The lowest BCUT2D eigenvalue weighted by molar-refractivity contribution is -0.119. The van der Waals surface area contributed by atoms with Crippen LogP contribution in [0.1, 0.15) is 31.4 Å². The third-order valence-corrected chi connectivity index (χ3v) is 6.36. The lowest BCUT2D eigenvalue weighted by Gasteiger charge is -2.33. The first-order valence-electron chi connectivity index (χ1n) is 9.19. The summed E-state index contributed by atoms with van der Waals surface area (Å²) >= 11 is 1.79. The number of anilines is 2. The zero-order chi connectivity index (χ0) is 17.4. The fraction of sp³-hybridized carbons (Fsp3) is 0.381. The highest BCUT2D eigenvalue weighted by Gasteiger charge is 2.30. The SMILES string of the molecule is CCN(CC)CC(=O)N1c2ccccc2Sc2cc3c(cc21)CCC3. The van der Waals surface area contributed by atoms with E-state index in [1.165, 1.54) is 27.3 Å². The molecule has 0 fully saturated rings. The molecule has 2 aromatic rings. The lowest BCUT2D eigenvalue weighted by atomic mass is 10.1.